The van der Waals surface area contributed by atoms with Gasteiger partial charge in [-0.05, 0) is 24.3 Å². The number of H-pyrrole nitrogens is 1. The Morgan fingerprint density at radius 1 is 1.10 bits per heavy atom. The fraction of sp³-hybridized carbons (Fsp3) is 0. The molecule has 1 heterocycles. The minimum absolute atomic E-state index is 0.0577. The second-order valence-electron chi connectivity index (χ2n) is 4.40. The maximum absolute atomic E-state index is 12.1. The van der Waals surface area contributed by atoms with E-state index in [1.165, 1.54) is 6.07 Å². The van der Waals surface area contributed by atoms with Crippen molar-refractivity contribution in [2.45, 2.75) is 0 Å². The smallest absolute Gasteiger partial charge is 0.276 e. The molecule has 0 amide bonds. The highest BCUT2D eigenvalue weighted by Gasteiger charge is 2.17. The minimum Gasteiger partial charge on any atom is -0.507 e. The van der Waals surface area contributed by atoms with Crippen LogP contribution >= 0.6 is 0 Å². The number of benzene rings is 2. The van der Waals surface area contributed by atoms with Gasteiger partial charge in [0.15, 0.2) is 5.69 Å². The molecule has 3 rings (SSSR count). The molecule has 0 unspecified atom stereocenters. The van der Waals surface area contributed by atoms with Crippen molar-refractivity contribution in [3.8, 4) is 5.75 Å². The Balaban J connectivity index is 2.25. The number of aromatic hydroxyl groups is 1. The summed E-state index contributed by atoms with van der Waals surface area (Å²) in [4.78, 5) is 19.0. The van der Waals surface area contributed by atoms with Crippen molar-refractivity contribution in [2.75, 3.05) is 0 Å². The van der Waals surface area contributed by atoms with E-state index in [-0.39, 0.29) is 22.7 Å². The largest absolute Gasteiger partial charge is 0.507 e. The molecule has 2 aromatic carbocycles. The van der Waals surface area contributed by atoms with Crippen LogP contribution in [0.25, 0.3) is 11.0 Å². The summed E-state index contributed by atoms with van der Waals surface area (Å²) in [6, 6.07) is 13.3. The number of aromatic amines is 1. The van der Waals surface area contributed by atoms with E-state index in [2.05, 4.69) is 15.1 Å². The molecule has 6 heteroatoms. The Hall–Kier alpha value is -3.15. The van der Waals surface area contributed by atoms with Gasteiger partial charge >= 0.3 is 0 Å². The number of para-hydroxylation sites is 3. The number of oxime groups is 1. The van der Waals surface area contributed by atoms with E-state index >= 15 is 0 Å². The molecule has 0 bridgehead atoms. The molecule has 0 saturated heterocycles. The van der Waals surface area contributed by atoms with E-state index in [0.29, 0.717) is 11.0 Å². The van der Waals surface area contributed by atoms with Crippen molar-refractivity contribution in [1.82, 2.24) is 9.97 Å². The van der Waals surface area contributed by atoms with Gasteiger partial charge in [-0.3, -0.25) is 4.79 Å². The summed E-state index contributed by atoms with van der Waals surface area (Å²) in [6.07, 6.45) is 0. The van der Waals surface area contributed by atoms with E-state index in [1.807, 2.05) is 0 Å². The lowest BCUT2D eigenvalue weighted by atomic mass is 10.1. The van der Waals surface area contributed by atoms with E-state index < -0.39 is 5.56 Å². The molecule has 1 aromatic heterocycles. The van der Waals surface area contributed by atoms with Crippen LogP contribution in [0.4, 0.5) is 0 Å². The first-order valence-electron chi connectivity index (χ1n) is 6.20. The van der Waals surface area contributed by atoms with Crippen molar-refractivity contribution in [3.63, 3.8) is 0 Å². The molecule has 104 valence electrons. The first kappa shape index (κ1) is 12.9. The van der Waals surface area contributed by atoms with Gasteiger partial charge in [0.05, 0.1) is 11.0 Å². The van der Waals surface area contributed by atoms with Crippen molar-refractivity contribution < 1.29 is 10.3 Å². The average Bonchev–Trinajstić information content (AvgIpc) is 2.50. The summed E-state index contributed by atoms with van der Waals surface area (Å²) >= 11 is 0. The number of hydrogen-bond acceptors (Lipinski definition) is 5. The normalized spacial score (nSPS) is 11.7. The number of rotatable bonds is 2. The van der Waals surface area contributed by atoms with Crippen molar-refractivity contribution in [1.29, 1.82) is 0 Å². The molecule has 0 aliphatic heterocycles. The standard InChI is InChI=1S/C15H11N3O3/c19-12-8-4-1-5-9(12)13(18-21)14-15(20)17-11-7-3-2-6-10(11)16-14/h1-8,19,21H,(H,17,20)/b18-13-. The molecular formula is C15H11N3O3. The van der Waals surface area contributed by atoms with Gasteiger partial charge in [-0.25, -0.2) is 4.98 Å². The third kappa shape index (κ3) is 2.23. The van der Waals surface area contributed by atoms with Crippen LogP contribution in [0, 0.1) is 0 Å². The lowest BCUT2D eigenvalue weighted by Crippen LogP contribution is -2.21. The van der Waals surface area contributed by atoms with E-state index in [0.717, 1.165) is 0 Å². The highest BCUT2D eigenvalue weighted by Crippen LogP contribution is 2.19. The van der Waals surface area contributed by atoms with Crippen molar-refractivity contribution >= 4 is 16.7 Å². The molecule has 0 aliphatic carbocycles. The Bertz CT molecular complexity index is 900. The molecule has 0 aliphatic rings. The summed E-state index contributed by atoms with van der Waals surface area (Å²) in [7, 11) is 0. The maximum Gasteiger partial charge on any atom is 0.276 e. The topological polar surface area (TPSA) is 98.6 Å². The first-order valence-corrected chi connectivity index (χ1v) is 6.20. The fourth-order valence-electron chi connectivity index (χ4n) is 2.09. The van der Waals surface area contributed by atoms with E-state index in [9.17, 15) is 15.1 Å². The van der Waals surface area contributed by atoms with Gasteiger partial charge in [0.1, 0.15) is 11.5 Å². The van der Waals surface area contributed by atoms with E-state index in [1.54, 1.807) is 42.5 Å². The molecule has 0 radical (unpaired) electrons. The summed E-state index contributed by atoms with van der Waals surface area (Å²) in [5, 5.41) is 22.2. The monoisotopic (exact) mass is 281 g/mol. The minimum atomic E-state index is -0.496. The quantitative estimate of drug-likeness (QED) is 0.379. The highest BCUT2D eigenvalue weighted by molar-refractivity contribution is 6.13. The predicted octanol–water partition coefficient (Wildman–Crippen LogP) is 1.86. The van der Waals surface area contributed by atoms with Gasteiger partial charge < -0.3 is 15.3 Å². The third-order valence-corrected chi connectivity index (χ3v) is 3.08. The highest BCUT2D eigenvalue weighted by atomic mass is 16.4. The molecule has 21 heavy (non-hydrogen) atoms. The molecule has 0 saturated carbocycles. The van der Waals surface area contributed by atoms with Crippen molar-refractivity contribution in [3.05, 3.63) is 70.1 Å². The number of nitrogens with one attached hydrogen (secondary N) is 1. The summed E-state index contributed by atoms with van der Waals surface area (Å²) in [6.45, 7) is 0. The summed E-state index contributed by atoms with van der Waals surface area (Å²) < 4.78 is 0. The maximum atomic E-state index is 12.1. The Kier molecular flexibility index (Phi) is 3.12. The van der Waals surface area contributed by atoms with Crippen LogP contribution in [0.5, 0.6) is 5.75 Å². The number of hydrogen-bond donors (Lipinski definition) is 3. The van der Waals surface area contributed by atoms with Crippen LogP contribution in [0.1, 0.15) is 11.3 Å². The fourth-order valence-corrected chi connectivity index (χ4v) is 2.09. The van der Waals surface area contributed by atoms with Crippen LogP contribution < -0.4 is 5.56 Å². The van der Waals surface area contributed by atoms with Crippen LogP contribution in [-0.2, 0) is 0 Å². The van der Waals surface area contributed by atoms with Gasteiger partial charge in [-0.2, -0.15) is 0 Å². The SMILES string of the molecule is O=c1[nH]c2ccccc2nc1/C(=N\O)c1ccccc1O. The molecule has 0 atom stereocenters. The van der Waals surface area contributed by atoms with Crippen LogP contribution in [0.15, 0.2) is 58.5 Å². The summed E-state index contributed by atoms with van der Waals surface area (Å²) in [5.74, 6) is -0.0975. The average molecular weight is 281 g/mol. The Morgan fingerprint density at radius 2 is 1.81 bits per heavy atom. The molecule has 0 fully saturated rings. The number of nitrogens with zero attached hydrogens (tertiary/aromatic N) is 2. The zero-order chi connectivity index (χ0) is 14.8. The molecule has 6 nitrogen and oxygen atoms in total. The Morgan fingerprint density at radius 3 is 2.57 bits per heavy atom. The Labute approximate surface area is 119 Å². The molecule has 3 N–H and O–H groups in total. The first-order chi connectivity index (χ1) is 10.2. The predicted molar refractivity (Wildman–Crippen MR) is 77.9 cm³/mol. The van der Waals surface area contributed by atoms with Gasteiger partial charge in [0.25, 0.3) is 5.56 Å². The van der Waals surface area contributed by atoms with Crippen LogP contribution in [-0.4, -0.2) is 26.0 Å². The lowest BCUT2D eigenvalue weighted by molar-refractivity contribution is 0.319. The number of phenolic OH excluding ortho intramolecular Hbond substituents is 1. The molecule has 0 spiro atoms. The number of aromatic nitrogens is 2. The second-order valence-corrected chi connectivity index (χ2v) is 4.40. The summed E-state index contributed by atoms with van der Waals surface area (Å²) in [5.41, 5.74) is 0.736. The van der Waals surface area contributed by atoms with Crippen molar-refractivity contribution in [2.24, 2.45) is 5.16 Å². The van der Waals surface area contributed by atoms with E-state index in [4.69, 9.17) is 0 Å². The molecule has 3 aromatic rings. The van der Waals surface area contributed by atoms with Crippen LogP contribution in [0.3, 0.4) is 0 Å². The van der Waals surface area contributed by atoms with Gasteiger partial charge in [0.2, 0.25) is 0 Å². The molecular weight excluding hydrogens is 270 g/mol. The third-order valence-electron chi connectivity index (χ3n) is 3.08. The lowest BCUT2D eigenvalue weighted by Gasteiger charge is -2.06. The number of phenols is 1. The second kappa shape index (κ2) is 5.09. The van der Waals surface area contributed by atoms with Gasteiger partial charge in [-0.1, -0.05) is 29.4 Å². The zero-order valence-corrected chi connectivity index (χ0v) is 10.8. The van der Waals surface area contributed by atoms with Gasteiger partial charge in [-0.15, -0.1) is 0 Å². The number of fused-ring (bicyclic) bond motifs is 1. The van der Waals surface area contributed by atoms with Crippen LogP contribution in [0.2, 0.25) is 0 Å². The van der Waals surface area contributed by atoms with Gasteiger partial charge in [0, 0.05) is 5.56 Å². The zero-order valence-electron chi connectivity index (χ0n) is 10.8.